The number of halogens is 6. The van der Waals surface area contributed by atoms with Crippen LogP contribution in [0.25, 0.3) is 5.69 Å². The molecule has 2 rings (SSSR count). The Kier molecular flexibility index (Phi) is 3.73. The van der Waals surface area contributed by atoms with Crippen LogP contribution in [0.15, 0.2) is 18.2 Å². The molecule has 0 radical (unpaired) electrons. The molecule has 0 saturated heterocycles. The van der Waals surface area contributed by atoms with Crippen molar-refractivity contribution in [2.24, 2.45) is 0 Å². The fourth-order valence-electron chi connectivity index (χ4n) is 1.59. The smallest absolute Gasteiger partial charge is 0.234 e. The van der Waals surface area contributed by atoms with E-state index in [0.717, 1.165) is 12.1 Å². The summed E-state index contributed by atoms with van der Waals surface area (Å²) in [4.78, 5) is 0. The number of rotatable bonds is 1. The van der Waals surface area contributed by atoms with E-state index >= 15 is 0 Å². The zero-order chi connectivity index (χ0) is 14.4. The first kappa shape index (κ1) is 14.5. The van der Waals surface area contributed by atoms with Crippen molar-refractivity contribution in [3.05, 3.63) is 44.7 Å². The molecule has 2 aromatic rings. The molecule has 1 aromatic heterocycles. The number of aryl methyl sites for hydroxylation is 1. The predicted octanol–water partition coefficient (Wildman–Crippen LogP) is 5.16. The molecule has 102 valence electrons. The molecule has 0 aliphatic rings. The van der Waals surface area contributed by atoms with Gasteiger partial charge in [0.05, 0.1) is 15.6 Å². The predicted molar refractivity (Wildman–Crippen MR) is 68.3 cm³/mol. The van der Waals surface area contributed by atoms with Crippen LogP contribution >= 0.6 is 34.8 Å². The Labute approximate surface area is 121 Å². The van der Waals surface area contributed by atoms with Crippen molar-refractivity contribution in [3.8, 4) is 5.69 Å². The van der Waals surface area contributed by atoms with E-state index in [2.05, 4.69) is 5.10 Å². The van der Waals surface area contributed by atoms with Gasteiger partial charge in [-0.2, -0.15) is 18.3 Å². The van der Waals surface area contributed by atoms with Crippen LogP contribution in [0, 0.1) is 6.92 Å². The Hall–Kier alpha value is -0.910. The van der Waals surface area contributed by atoms with Gasteiger partial charge in [-0.15, -0.1) is 0 Å². The highest BCUT2D eigenvalue weighted by molar-refractivity contribution is 6.38. The van der Waals surface area contributed by atoms with Gasteiger partial charge in [0.25, 0.3) is 0 Å². The molecule has 0 amide bonds. The van der Waals surface area contributed by atoms with Crippen molar-refractivity contribution >= 4 is 34.8 Å². The molecule has 1 heterocycles. The third-order valence-corrected chi connectivity index (χ3v) is 3.17. The number of nitrogens with zero attached hydrogens (tertiary/aromatic N) is 2. The maximum Gasteiger partial charge on any atom is 0.416 e. The standard InChI is InChI=1S/C11H6Cl3F3N2/c1-5-2-9(14)18-19(5)10-7(12)3-6(4-8(10)13)11(15,16)17/h2-4H,1H3. The molecule has 0 spiro atoms. The van der Waals surface area contributed by atoms with Gasteiger partial charge in [0, 0.05) is 5.69 Å². The normalized spacial score (nSPS) is 11.9. The fourth-order valence-corrected chi connectivity index (χ4v) is 2.48. The molecule has 19 heavy (non-hydrogen) atoms. The van der Waals surface area contributed by atoms with Crippen LogP contribution in [0.1, 0.15) is 11.3 Å². The van der Waals surface area contributed by atoms with Crippen LogP contribution in [-0.4, -0.2) is 9.78 Å². The Morgan fingerprint density at radius 1 is 1.05 bits per heavy atom. The summed E-state index contributed by atoms with van der Waals surface area (Å²) in [5, 5.41) is 3.82. The molecule has 0 N–H and O–H groups in total. The summed E-state index contributed by atoms with van der Waals surface area (Å²) in [5.74, 6) is 0. The zero-order valence-electron chi connectivity index (χ0n) is 9.39. The third kappa shape index (κ3) is 2.83. The Balaban J connectivity index is 2.64. The van der Waals surface area contributed by atoms with E-state index in [1.165, 1.54) is 4.68 Å². The maximum atomic E-state index is 12.6. The average molecular weight is 330 g/mol. The number of hydrogen-bond donors (Lipinski definition) is 0. The first-order valence-corrected chi connectivity index (χ1v) is 6.12. The van der Waals surface area contributed by atoms with Gasteiger partial charge in [0.15, 0.2) is 5.15 Å². The lowest BCUT2D eigenvalue weighted by Crippen LogP contribution is -2.07. The topological polar surface area (TPSA) is 17.8 Å². The molecule has 0 aliphatic heterocycles. The molecule has 0 fully saturated rings. The van der Waals surface area contributed by atoms with E-state index in [4.69, 9.17) is 34.8 Å². The number of alkyl halides is 3. The van der Waals surface area contributed by atoms with Gasteiger partial charge in [0.1, 0.15) is 5.69 Å². The largest absolute Gasteiger partial charge is 0.416 e. The lowest BCUT2D eigenvalue weighted by molar-refractivity contribution is -0.137. The molecule has 1 aromatic carbocycles. The Morgan fingerprint density at radius 3 is 1.95 bits per heavy atom. The van der Waals surface area contributed by atoms with Gasteiger partial charge in [-0.25, -0.2) is 4.68 Å². The molecular formula is C11H6Cl3F3N2. The summed E-state index contributed by atoms with van der Waals surface area (Å²) in [7, 11) is 0. The van der Waals surface area contributed by atoms with E-state index in [9.17, 15) is 13.2 Å². The maximum absolute atomic E-state index is 12.6. The molecule has 2 nitrogen and oxygen atoms in total. The van der Waals surface area contributed by atoms with Crippen molar-refractivity contribution < 1.29 is 13.2 Å². The molecule has 0 unspecified atom stereocenters. The molecule has 8 heteroatoms. The van der Waals surface area contributed by atoms with E-state index in [0.29, 0.717) is 5.69 Å². The lowest BCUT2D eigenvalue weighted by atomic mass is 10.2. The SMILES string of the molecule is Cc1cc(Cl)nn1-c1c(Cl)cc(C(F)(F)F)cc1Cl. The number of hydrogen-bond acceptors (Lipinski definition) is 1. The molecular weight excluding hydrogens is 323 g/mol. The second-order valence-electron chi connectivity index (χ2n) is 3.81. The van der Waals surface area contributed by atoms with E-state index in [1.807, 2.05) is 0 Å². The summed E-state index contributed by atoms with van der Waals surface area (Å²) in [6.45, 7) is 1.68. The molecule has 0 bridgehead atoms. The van der Waals surface area contributed by atoms with Crippen LogP contribution in [0.2, 0.25) is 15.2 Å². The van der Waals surface area contributed by atoms with Crippen molar-refractivity contribution in [3.63, 3.8) is 0 Å². The molecule has 0 atom stereocenters. The van der Waals surface area contributed by atoms with Crippen LogP contribution in [-0.2, 0) is 6.18 Å². The van der Waals surface area contributed by atoms with Crippen molar-refractivity contribution in [1.82, 2.24) is 9.78 Å². The minimum atomic E-state index is -4.51. The second kappa shape index (κ2) is 4.89. The monoisotopic (exact) mass is 328 g/mol. The highest BCUT2D eigenvalue weighted by atomic mass is 35.5. The van der Waals surface area contributed by atoms with Crippen LogP contribution in [0.3, 0.4) is 0 Å². The van der Waals surface area contributed by atoms with Crippen LogP contribution in [0.4, 0.5) is 13.2 Å². The summed E-state index contributed by atoms with van der Waals surface area (Å²) in [6, 6.07) is 3.15. The van der Waals surface area contributed by atoms with Crippen LogP contribution in [0.5, 0.6) is 0 Å². The zero-order valence-corrected chi connectivity index (χ0v) is 11.7. The van der Waals surface area contributed by atoms with Crippen LogP contribution < -0.4 is 0 Å². The van der Waals surface area contributed by atoms with Gasteiger partial charge >= 0.3 is 6.18 Å². The van der Waals surface area contributed by atoms with Crippen molar-refractivity contribution in [2.45, 2.75) is 13.1 Å². The summed E-state index contributed by atoms with van der Waals surface area (Å²) in [6.07, 6.45) is -4.51. The van der Waals surface area contributed by atoms with Gasteiger partial charge in [-0.05, 0) is 25.1 Å². The minimum absolute atomic E-state index is 0.150. The van der Waals surface area contributed by atoms with E-state index < -0.39 is 11.7 Å². The lowest BCUT2D eigenvalue weighted by Gasteiger charge is -2.13. The first-order chi connectivity index (χ1) is 8.70. The number of benzene rings is 1. The Morgan fingerprint density at radius 2 is 1.58 bits per heavy atom. The molecule has 0 saturated carbocycles. The average Bonchev–Trinajstić information content (AvgIpc) is 2.55. The quantitative estimate of drug-likeness (QED) is 0.706. The second-order valence-corrected chi connectivity index (χ2v) is 5.01. The summed E-state index contributed by atoms with van der Waals surface area (Å²) < 4.78 is 39.1. The van der Waals surface area contributed by atoms with Gasteiger partial charge < -0.3 is 0 Å². The van der Waals surface area contributed by atoms with Crippen molar-refractivity contribution in [2.75, 3.05) is 0 Å². The number of aromatic nitrogens is 2. The third-order valence-electron chi connectivity index (χ3n) is 2.41. The van der Waals surface area contributed by atoms with Gasteiger partial charge in [-0.3, -0.25) is 0 Å². The van der Waals surface area contributed by atoms with Gasteiger partial charge in [0.2, 0.25) is 0 Å². The molecule has 0 aliphatic carbocycles. The minimum Gasteiger partial charge on any atom is -0.234 e. The van der Waals surface area contributed by atoms with E-state index in [-0.39, 0.29) is 20.9 Å². The highest BCUT2D eigenvalue weighted by Gasteiger charge is 2.32. The first-order valence-electron chi connectivity index (χ1n) is 4.99. The Bertz CT molecular complexity index is 612. The van der Waals surface area contributed by atoms with Gasteiger partial charge in [-0.1, -0.05) is 34.8 Å². The summed E-state index contributed by atoms with van der Waals surface area (Å²) >= 11 is 17.5. The fraction of sp³-hybridized carbons (Fsp3) is 0.182. The summed E-state index contributed by atoms with van der Waals surface area (Å²) in [5.41, 5.74) is -0.142. The highest BCUT2D eigenvalue weighted by Crippen LogP contribution is 2.37. The van der Waals surface area contributed by atoms with E-state index in [1.54, 1.807) is 13.0 Å². The van der Waals surface area contributed by atoms with Crippen molar-refractivity contribution in [1.29, 1.82) is 0 Å².